The van der Waals surface area contributed by atoms with Crippen LogP contribution >= 0.6 is 15.9 Å². The molecule has 3 rings (SSSR count). The van der Waals surface area contributed by atoms with Crippen LogP contribution < -0.4 is 5.32 Å². The van der Waals surface area contributed by atoms with E-state index in [9.17, 15) is 4.79 Å². The van der Waals surface area contributed by atoms with Gasteiger partial charge in [0.2, 0.25) is 0 Å². The van der Waals surface area contributed by atoms with E-state index in [-0.39, 0.29) is 5.91 Å². The first-order valence-electron chi connectivity index (χ1n) is 5.72. The summed E-state index contributed by atoms with van der Waals surface area (Å²) in [5.74, 6) is -0.139. The first-order chi connectivity index (χ1) is 9.22. The molecule has 0 bridgehead atoms. The Morgan fingerprint density at radius 2 is 2.11 bits per heavy atom. The van der Waals surface area contributed by atoms with Gasteiger partial charge in [0.1, 0.15) is 0 Å². The van der Waals surface area contributed by atoms with Crippen LogP contribution in [0.4, 0.5) is 5.69 Å². The number of fused-ring (bicyclic) bond motifs is 1. The molecule has 0 spiro atoms. The Morgan fingerprint density at radius 1 is 1.21 bits per heavy atom. The van der Waals surface area contributed by atoms with Gasteiger partial charge < -0.3 is 10.3 Å². The number of aromatic amines is 1. The van der Waals surface area contributed by atoms with E-state index in [1.54, 1.807) is 18.5 Å². The molecule has 0 fully saturated rings. The van der Waals surface area contributed by atoms with Crippen molar-refractivity contribution < 1.29 is 4.79 Å². The number of benzene rings is 2. The lowest BCUT2D eigenvalue weighted by Crippen LogP contribution is -2.11. The summed E-state index contributed by atoms with van der Waals surface area (Å²) in [4.78, 5) is 19.2. The van der Waals surface area contributed by atoms with Crippen LogP contribution in [-0.4, -0.2) is 15.9 Å². The monoisotopic (exact) mass is 315 g/mol. The second-order valence-corrected chi connectivity index (χ2v) is 5.01. The quantitative estimate of drug-likeness (QED) is 0.759. The summed E-state index contributed by atoms with van der Waals surface area (Å²) in [7, 11) is 0. The van der Waals surface area contributed by atoms with Crippen molar-refractivity contribution in [1.29, 1.82) is 0 Å². The zero-order valence-electron chi connectivity index (χ0n) is 9.85. The van der Waals surface area contributed by atoms with Crippen LogP contribution in [-0.2, 0) is 0 Å². The Labute approximate surface area is 118 Å². The molecule has 0 radical (unpaired) electrons. The molecule has 4 nitrogen and oxygen atoms in total. The second-order valence-electron chi connectivity index (χ2n) is 4.10. The van der Waals surface area contributed by atoms with Crippen LogP contribution in [0.3, 0.4) is 0 Å². The van der Waals surface area contributed by atoms with E-state index >= 15 is 0 Å². The Kier molecular flexibility index (Phi) is 3.05. The Hall–Kier alpha value is -2.14. The van der Waals surface area contributed by atoms with E-state index in [0.717, 1.165) is 21.2 Å². The minimum atomic E-state index is -0.139. The van der Waals surface area contributed by atoms with Crippen LogP contribution in [0, 0.1) is 0 Å². The fourth-order valence-electron chi connectivity index (χ4n) is 1.85. The molecule has 0 saturated heterocycles. The van der Waals surface area contributed by atoms with Gasteiger partial charge in [0.15, 0.2) is 0 Å². The number of H-pyrrole nitrogens is 1. The Bertz CT molecular complexity index is 751. The van der Waals surface area contributed by atoms with Gasteiger partial charge in [-0.15, -0.1) is 0 Å². The highest BCUT2D eigenvalue weighted by Gasteiger charge is 2.07. The molecule has 94 valence electrons. The summed E-state index contributed by atoms with van der Waals surface area (Å²) in [6.07, 6.45) is 1.63. The molecular formula is C14H10BrN3O. The van der Waals surface area contributed by atoms with Crippen molar-refractivity contribution in [3.05, 3.63) is 58.8 Å². The number of amides is 1. The first-order valence-corrected chi connectivity index (χ1v) is 6.52. The summed E-state index contributed by atoms with van der Waals surface area (Å²) in [5, 5.41) is 2.86. The van der Waals surface area contributed by atoms with Crippen molar-refractivity contribution in [3.63, 3.8) is 0 Å². The average Bonchev–Trinajstić information content (AvgIpc) is 2.86. The van der Waals surface area contributed by atoms with Crippen LogP contribution in [0.1, 0.15) is 10.4 Å². The number of nitrogens with zero attached hydrogens (tertiary/aromatic N) is 1. The summed E-state index contributed by atoms with van der Waals surface area (Å²) >= 11 is 3.35. The van der Waals surface area contributed by atoms with Gasteiger partial charge in [0, 0.05) is 15.7 Å². The Morgan fingerprint density at radius 3 is 2.95 bits per heavy atom. The highest BCUT2D eigenvalue weighted by molar-refractivity contribution is 9.10. The smallest absolute Gasteiger partial charge is 0.255 e. The number of carbonyl (C=O) groups is 1. The van der Waals surface area contributed by atoms with E-state index < -0.39 is 0 Å². The normalized spacial score (nSPS) is 10.6. The lowest BCUT2D eigenvalue weighted by molar-refractivity contribution is 0.102. The van der Waals surface area contributed by atoms with E-state index in [2.05, 4.69) is 31.2 Å². The fourth-order valence-corrected chi connectivity index (χ4v) is 2.25. The van der Waals surface area contributed by atoms with Crippen molar-refractivity contribution in [2.45, 2.75) is 0 Å². The number of hydrogen-bond donors (Lipinski definition) is 2. The maximum absolute atomic E-state index is 12.1. The fraction of sp³-hybridized carbons (Fsp3) is 0. The van der Waals surface area contributed by atoms with Gasteiger partial charge in [-0.1, -0.05) is 22.0 Å². The van der Waals surface area contributed by atoms with Crippen LogP contribution in [0.2, 0.25) is 0 Å². The van der Waals surface area contributed by atoms with Gasteiger partial charge in [0.25, 0.3) is 5.91 Å². The molecule has 0 aliphatic heterocycles. The van der Waals surface area contributed by atoms with E-state index in [1.165, 1.54) is 0 Å². The molecule has 2 aromatic carbocycles. The molecule has 0 unspecified atom stereocenters. The lowest BCUT2D eigenvalue weighted by atomic mass is 10.2. The second kappa shape index (κ2) is 4.85. The number of imidazole rings is 1. The molecule has 1 amide bonds. The van der Waals surface area contributed by atoms with Crippen molar-refractivity contribution in [1.82, 2.24) is 9.97 Å². The topological polar surface area (TPSA) is 57.8 Å². The molecule has 0 aliphatic rings. The van der Waals surface area contributed by atoms with E-state index in [0.29, 0.717) is 5.56 Å². The van der Waals surface area contributed by atoms with Crippen molar-refractivity contribution in [2.24, 2.45) is 0 Å². The minimum Gasteiger partial charge on any atom is -0.345 e. The van der Waals surface area contributed by atoms with Gasteiger partial charge in [-0.3, -0.25) is 4.79 Å². The summed E-state index contributed by atoms with van der Waals surface area (Å²) in [6, 6.07) is 12.8. The van der Waals surface area contributed by atoms with Gasteiger partial charge in [0.05, 0.1) is 17.4 Å². The third-order valence-electron chi connectivity index (χ3n) is 2.76. The highest BCUT2D eigenvalue weighted by Crippen LogP contribution is 2.17. The van der Waals surface area contributed by atoms with Crippen molar-refractivity contribution in [2.75, 3.05) is 5.32 Å². The zero-order chi connectivity index (χ0) is 13.2. The molecular weight excluding hydrogens is 306 g/mol. The summed E-state index contributed by atoms with van der Waals surface area (Å²) in [5.41, 5.74) is 3.12. The number of rotatable bonds is 2. The first kappa shape index (κ1) is 11.9. The molecule has 0 saturated carbocycles. The highest BCUT2D eigenvalue weighted by atomic mass is 79.9. The number of aromatic nitrogens is 2. The minimum absolute atomic E-state index is 0.139. The van der Waals surface area contributed by atoms with Gasteiger partial charge in [-0.25, -0.2) is 4.98 Å². The molecule has 5 heteroatoms. The zero-order valence-corrected chi connectivity index (χ0v) is 11.4. The largest absolute Gasteiger partial charge is 0.345 e. The molecule has 1 aromatic heterocycles. The number of halogens is 1. The van der Waals surface area contributed by atoms with Crippen LogP contribution in [0.5, 0.6) is 0 Å². The molecule has 0 atom stereocenters. The van der Waals surface area contributed by atoms with Crippen LogP contribution in [0.25, 0.3) is 11.0 Å². The summed E-state index contributed by atoms with van der Waals surface area (Å²) in [6.45, 7) is 0. The van der Waals surface area contributed by atoms with Crippen LogP contribution in [0.15, 0.2) is 53.3 Å². The maximum Gasteiger partial charge on any atom is 0.255 e. The number of hydrogen-bond acceptors (Lipinski definition) is 2. The van der Waals surface area contributed by atoms with Gasteiger partial charge >= 0.3 is 0 Å². The molecule has 1 heterocycles. The summed E-state index contributed by atoms with van der Waals surface area (Å²) < 4.78 is 0.879. The third-order valence-corrected chi connectivity index (χ3v) is 3.26. The van der Waals surface area contributed by atoms with E-state index in [4.69, 9.17) is 0 Å². The van der Waals surface area contributed by atoms with E-state index in [1.807, 2.05) is 30.3 Å². The standard InChI is InChI=1S/C14H10BrN3O/c15-10-3-1-2-9(6-10)14(19)18-11-4-5-12-13(7-11)17-8-16-12/h1-8H,(H,16,17)(H,18,19). The molecule has 0 aliphatic carbocycles. The molecule has 19 heavy (non-hydrogen) atoms. The predicted molar refractivity (Wildman–Crippen MR) is 78.2 cm³/mol. The number of carbonyl (C=O) groups excluding carboxylic acids is 1. The van der Waals surface area contributed by atoms with Crippen molar-refractivity contribution >= 4 is 38.6 Å². The van der Waals surface area contributed by atoms with Gasteiger partial charge in [-0.05, 0) is 36.4 Å². The third kappa shape index (κ3) is 2.51. The Balaban J connectivity index is 1.86. The molecule has 2 N–H and O–H groups in total. The maximum atomic E-state index is 12.1. The SMILES string of the molecule is O=C(Nc1ccc2nc[nH]c2c1)c1cccc(Br)c1. The number of nitrogens with one attached hydrogen (secondary N) is 2. The average molecular weight is 316 g/mol. The predicted octanol–water partition coefficient (Wildman–Crippen LogP) is 3.58. The number of anilines is 1. The van der Waals surface area contributed by atoms with Crippen molar-refractivity contribution in [3.8, 4) is 0 Å². The lowest BCUT2D eigenvalue weighted by Gasteiger charge is -2.05. The van der Waals surface area contributed by atoms with Gasteiger partial charge in [-0.2, -0.15) is 0 Å². The molecule has 3 aromatic rings.